The predicted molar refractivity (Wildman–Crippen MR) is 66.2 cm³/mol. The van der Waals surface area contributed by atoms with Crippen LogP contribution < -0.4 is 5.73 Å². The van der Waals surface area contributed by atoms with E-state index in [0.29, 0.717) is 5.78 Å². The van der Waals surface area contributed by atoms with Gasteiger partial charge in [-0.1, -0.05) is 32.9 Å². The second kappa shape index (κ2) is 3.34. The van der Waals surface area contributed by atoms with Crippen molar-refractivity contribution in [2.24, 2.45) is 5.41 Å². The predicted octanol–water partition coefficient (Wildman–Crippen LogP) is 2.92. The fraction of sp³-hybridized carbons (Fsp3) is 0.500. The third-order valence-electron chi connectivity index (χ3n) is 3.33. The Kier molecular flexibility index (Phi) is 2.33. The van der Waals surface area contributed by atoms with Gasteiger partial charge in [0.05, 0.1) is 5.41 Å². The third kappa shape index (κ3) is 1.73. The molecule has 2 N–H and O–H groups in total. The second-order valence-electron chi connectivity index (χ2n) is 5.78. The molecule has 0 spiro atoms. The molecule has 2 heteroatoms. The highest BCUT2D eigenvalue weighted by atomic mass is 16.1. The van der Waals surface area contributed by atoms with E-state index in [-0.39, 0.29) is 10.8 Å². The molecule has 0 heterocycles. The maximum absolute atomic E-state index is 12.4. The Balaban J connectivity index is 2.34. The molecule has 16 heavy (non-hydrogen) atoms. The van der Waals surface area contributed by atoms with Crippen molar-refractivity contribution >= 4 is 11.5 Å². The number of hydrogen-bond acceptors (Lipinski definition) is 2. The topological polar surface area (TPSA) is 43.1 Å². The highest BCUT2D eigenvalue weighted by molar-refractivity contribution is 5.96. The van der Waals surface area contributed by atoms with E-state index in [1.165, 1.54) is 0 Å². The van der Waals surface area contributed by atoms with Gasteiger partial charge in [0.2, 0.25) is 0 Å². The normalized spacial score (nSPS) is 18.2. The smallest absolute Gasteiger partial charge is 0.148 e. The minimum absolute atomic E-state index is 0.216. The number of carbonyl (C=O) groups excluding carboxylic acids is 1. The zero-order chi connectivity index (χ0) is 12.0. The molecule has 0 aliphatic heterocycles. The zero-order valence-electron chi connectivity index (χ0n) is 10.2. The Morgan fingerprint density at radius 1 is 1.19 bits per heavy atom. The van der Waals surface area contributed by atoms with Gasteiger partial charge in [0.25, 0.3) is 0 Å². The highest BCUT2D eigenvalue weighted by Crippen LogP contribution is 2.52. The van der Waals surface area contributed by atoms with Crippen molar-refractivity contribution in [1.82, 2.24) is 0 Å². The quantitative estimate of drug-likeness (QED) is 0.774. The van der Waals surface area contributed by atoms with Crippen LogP contribution in [0.25, 0.3) is 0 Å². The van der Waals surface area contributed by atoms with E-state index >= 15 is 0 Å². The lowest BCUT2D eigenvalue weighted by Gasteiger charge is -2.24. The summed E-state index contributed by atoms with van der Waals surface area (Å²) in [6.07, 6.45) is 1.96. The van der Waals surface area contributed by atoms with Gasteiger partial charge in [0, 0.05) is 11.1 Å². The Hall–Kier alpha value is -1.31. The number of carbonyl (C=O) groups is 1. The number of rotatable bonds is 2. The number of hydrogen-bond donors (Lipinski definition) is 1. The third-order valence-corrected chi connectivity index (χ3v) is 3.33. The Bertz CT molecular complexity index is 407. The monoisotopic (exact) mass is 217 g/mol. The molecule has 0 bridgehead atoms. The van der Waals surface area contributed by atoms with Gasteiger partial charge in [-0.05, 0) is 30.5 Å². The fourth-order valence-corrected chi connectivity index (χ4v) is 2.29. The summed E-state index contributed by atoms with van der Waals surface area (Å²) in [5, 5.41) is 0. The summed E-state index contributed by atoms with van der Waals surface area (Å²) in [7, 11) is 0. The highest BCUT2D eigenvalue weighted by Gasteiger charge is 2.53. The van der Waals surface area contributed by atoms with Crippen LogP contribution in [0.4, 0.5) is 5.69 Å². The molecule has 86 valence electrons. The number of ketones is 1. The molecular weight excluding hydrogens is 198 g/mol. The van der Waals surface area contributed by atoms with Crippen LogP contribution in [-0.2, 0) is 10.2 Å². The van der Waals surface area contributed by atoms with Gasteiger partial charge in [-0.3, -0.25) is 4.79 Å². The van der Waals surface area contributed by atoms with Crippen molar-refractivity contribution in [1.29, 1.82) is 0 Å². The SMILES string of the molecule is CC(C)(C)C(=O)C1(c2ccc(N)cc2)CC1. The van der Waals surface area contributed by atoms with Crippen molar-refractivity contribution in [3.63, 3.8) is 0 Å². The van der Waals surface area contributed by atoms with Gasteiger partial charge in [0.15, 0.2) is 0 Å². The van der Waals surface area contributed by atoms with E-state index in [1.54, 1.807) is 0 Å². The van der Waals surface area contributed by atoms with Crippen LogP contribution in [0.2, 0.25) is 0 Å². The van der Waals surface area contributed by atoms with Gasteiger partial charge in [0.1, 0.15) is 5.78 Å². The molecule has 1 aromatic rings. The summed E-state index contributed by atoms with van der Waals surface area (Å²) in [6.45, 7) is 5.98. The number of nitrogens with two attached hydrogens (primary N) is 1. The Morgan fingerprint density at radius 2 is 1.69 bits per heavy atom. The lowest BCUT2D eigenvalue weighted by molar-refractivity contribution is -0.128. The average Bonchev–Trinajstić information content (AvgIpc) is 2.97. The lowest BCUT2D eigenvalue weighted by atomic mass is 9.77. The van der Waals surface area contributed by atoms with E-state index in [2.05, 4.69) is 0 Å². The van der Waals surface area contributed by atoms with Gasteiger partial charge in [-0.25, -0.2) is 0 Å². The van der Waals surface area contributed by atoms with E-state index in [0.717, 1.165) is 24.1 Å². The second-order valence-corrected chi connectivity index (χ2v) is 5.78. The molecule has 0 atom stereocenters. The molecule has 2 rings (SSSR count). The van der Waals surface area contributed by atoms with Crippen LogP contribution in [0.1, 0.15) is 39.2 Å². The van der Waals surface area contributed by atoms with Crippen LogP contribution in [0.15, 0.2) is 24.3 Å². The van der Waals surface area contributed by atoms with Crippen LogP contribution in [0.5, 0.6) is 0 Å². The molecule has 0 radical (unpaired) electrons. The van der Waals surface area contributed by atoms with Crippen LogP contribution in [-0.4, -0.2) is 5.78 Å². The van der Waals surface area contributed by atoms with Crippen molar-refractivity contribution in [3.8, 4) is 0 Å². The first-order chi connectivity index (χ1) is 7.36. The maximum atomic E-state index is 12.4. The minimum atomic E-state index is -0.266. The molecule has 0 saturated heterocycles. The van der Waals surface area contributed by atoms with Crippen molar-refractivity contribution < 1.29 is 4.79 Å². The minimum Gasteiger partial charge on any atom is -0.399 e. The molecule has 2 nitrogen and oxygen atoms in total. The van der Waals surface area contributed by atoms with Crippen LogP contribution in [0.3, 0.4) is 0 Å². The van der Waals surface area contributed by atoms with E-state index < -0.39 is 0 Å². The molecule has 1 aromatic carbocycles. The van der Waals surface area contributed by atoms with E-state index in [1.807, 2.05) is 45.0 Å². The van der Waals surface area contributed by atoms with Crippen LogP contribution >= 0.6 is 0 Å². The summed E-state index contributed by atoms with van der Waals surface area (Å²) >= 11 is 0. The van der Waals surface area contributed by atoms with Crippen molar-refractivity contribution in [2.75, 3.05) is 5.73 Å². The first-order valence-electron chi connectivity index (χ1n) is 5.77. The Morgan fingerprint density at radius 3 is 2.06 bits per heavy atom. The standard InChI is InChI=1S/C14H19NO/c1-13(2,3)12(16)14(8-9-14)10-4-6-11(15)7-5-10/h4-7H,8-9,15H2,1-3H3. The van der Waals surface area contributed by atoms with Gasteiger partial charge >= 0.3 is 0 Å². The molecule has 0 aromatic heterocycles. The molecule has 1 aliphatic carbocycles. The van der Waals surface area contributed by atoms with Crippen molar-refractivity contribution in [2.45, 2.75) is 39.0 Å². The molecular formula is C14H19NO. The molecule has 0 amide bonds. The molecule has 1 aliphatic rings. The van der Waals surface area contributed by atoms with Crippen LogP contribution in [0, 0.1) is 5.41 Å². The summed E-state index contributed by atoms with van der Waals surface area (Å²) in [6, 6.07) is 7.74. The number of anilines is 1. The molecule has 1 fully saturated rings. The van der Waals surface area contributed by atoms with E-state index in [4.69, 9.17) is 5.73 Å². The number of Topliss-reactive ketones (excluding diaryl/α,β-unsaturated/α-hetero) is 1. The summed E-state index contributed by atoms with van der Waals surface area (Å²) in [4.78, 5) is 12.4. The first kappa shape index (κ1) is 11.2. The first-order valence-corrected chi connectivity index (χ1v) is 5.77. The van der Waals surface area contributed by atoms with Crippen molar-refractivity contribution in [3.05, 3.63) is 29.8 Å². The summed E-state index contributed by atoms with van der Waals surface area (Å²) < 4.78 is 0. The largest absolute Gasteiger partial charge is 0.399 e. The number of nitrogen functional groups attached to an aromatic ring is 1. The van der Waals surface area contributed by atoms with Gasteiger partial charge in [-0.2, -0.15) is 0 Å². The zero-order valence-corrected chi connectivity index (χ0v) is 10.2. The molecule has 1 saturated carbocycles. The maximum Gasteiger partial charge on any atom is 0.148 e. The van der Waals surface area contributed by atoms with E-state index in [9.17, 15) is 4.79 Å². The summed E-state index contributed by atoms with van der Waals surface area (Å²) in [5.74, 6) is 0.352. The summed E-state index contributed by atoms with van der Waals surface area (Å²) in [5.41, 5.74) is 7.06. The van der Waals surface area contributed by atoms with Gasteiger partial charge < -0.3 is 5.73 Å². The molecule has 0 unspecified atom stereocenters. The fourth-order valence-electron chi connectivity index (χ4n) is 2.29. The van der Waals surface area contributed by atoms with Gasteiger partial charge in [-0.15, -0.1) is 0 Å². The average molecular weight is 217 g/mol. The lowest BCUT2D eigenvalue weighted by Crippen LogP contribution is -2.32. The number of benzene rings is 1. The Labute approximate surface area is 96.8 Å².